The molecule has 0 radical (unpaired) electrons. The lowest BCUT2D eigenvalue weighted by Crippen LogP contribution is -2.37. The van der Waals surface area contributed by atoms with E-state index in [0.29, 0.717) is 25.4 Å². The molecule has 5 nitrogen and oxygen atoms in total. The summed E-state index contributed by atoms with van der Waals surface area (Å²) in [5.74, 6) is 1.77. The van der Waals surface area contributed by atoms with Crippen LogP contribution in [-0.2, 0) is 16.1 Å². The van der Waals surface area contributed by atoms with E-state index in [2.05, 4.69) is 11.4 Å². The van der Waals surface area contributed by atoms with Crippen LogP contribution in [0.25, 0.3) is 0 Å². The molecule has 1 amide bonds. The molecule has 1 aromatic carbocycles. The van der Waals surface area contributed by atoms with E-state index in [-0.39, 0.29) is 12.0 Å². The lowest BCUT2D eigenvalue weighted by Gasteiger charge is -2.27. The number of rotatable bonds is 8. The van der Waals surface area contributed by atoms with Gasteiger partial charge in [0.15, 0.2) is 0 Å². The molecule has 2 aliphatic heterocycles. The first-order chi connectivity index (χ1) is 12.7. The van der Waals surface area contributed by atoms with Crippen LogP contribution >= 0.6 is 0 Å². The monoisotopic (exact) mass is 360 g/mol. The van der Waals surface area contributed by atoms with Gasteiger partial charge in [0.25, 0.3) is 0 Å². The Labute approximate surface area is 157 Å². The predicted molar refractivity (Wildman–Crippen MR) is 102 cm³/mol. The van der Waals surface area contributed by atoms with Crippen LogP contribution in [0.4, 0.5) is 0 Å². The fourth-order valence-electron chi connectivity index (χ4n) is 3.94. The Balaban J connectivity index is 1.60. The molecule has 2 fully saturated rings. The van der Waals surface area contributed by atoms with Crippen LogP contribution in [0.15, 0.2) is 24.3 Å². The van der Waals surface area contributed by atoms with Gasteiger partial charge in [-0.05, 0) is 68.8 Å². The van der Waals surface area contributed by atoms with Crippen molar-refractivity contribution in [1.29, 1.82) is 0 Å². The lowest BCUT2D eigenvalue weighted by atomic mass is 9.93. The van der Waals surface area contributed by atoms with Gasteiger partial charge in [-0.3, -0.25) is 4.79 Å². The van der Waals surface area contributed by atoms with E-state index in [1.165, 1.54) is 12.8 Å². The van der Waals surface area contributed by atoms with Crippen LogP contribution in [0.2, 0.25) is 0 Å². The molecule has 2 saturated heterocycles. The molecule has 2 heterocycles. The minimum atomic E-state index is 0.184. The second kappa shape index (κ2) is 9.93. The van der Waals surface area contributed by atoms with Crippen LogP contribution in [0, 0.1) is 5.92 Å². The van der Waals surface area contributed by atoms with E-state index in [9.17, 15) is 4.79 Å². The van der Waals surface area contributed by atoms with Crippen LogP contribution in [-0.4, -0.2) is 50.3 Å². The van der Waals surface area contributed by atoms with Gasteiger partial charge in [-0.25, -0.2) is 0 Å². The summed E-state index contributed by atoms with van der Waals surface area (Å²) in [6.07, 6.45) is 6.35. The van der Waals surface area contributed by atoms with Crippen molar-refractivity contribution in [3.8, 4) is 5.75 Å². The molecular weight excluding hydrogens is 328 g/mol. The first kappa shape index (κ1) is 19.2. The number of amides is 1. The Morgan fingerprint density at radius 1 is 1.31 bits per heavy atom. The average Bonchev–Trinajstić information content (AvgIpc) is 3.20. The lowest BCUT2D eigenvalue weighted by molar-refractivity contribution is -0.133. The van der Waals surface area contributed by atoms with Crippen LogP contribution in [0.3, 0.4) is 0 Å². The largest absolute Gasteiger partial charge is 0.497 e. The van der Waals surface area contributed by atoms with E-state index >= 15 is 0 Å². The summed E-state index contributed by atoms with van der Waals surface area (Å²) in [4.78, 5) is 14.9. The summed E-state index contributed by atoms with van der Waals surface area (Å²) in [5, 5.41) is 3.39. The maximum Gasteiger partial charge on any atom is 0.222 e. The summed E-state index contributed by atoms with van der Waals surface area (Å²) in [7, 11) is 1.67. The maximum absolute atomic E-state index is 13.0. The fraction of sp³-hybridized carbons (Fsp3) is 0.667. The molecule has 0 aliphatic carbocycles. The van der Waals surface area contributed by atoms with Crippen molar-refractivity contribution >= 4 is 5.91 Å². The molecule has 2 aliphatic rings. The first-order valence-corrected chi connectivity index (χ1v) is 9.97. The van der Waals surface area contributed by atoms with Crippen molar-refractivity contribution in [3.05, 3.63) is 29.8 Å². The topological polar surface area (TPSA) is 50.8 Å². The number of carbonyl (C=O) groups is 1. The average molecular weight is 360 g/mol. The predicted octanol–water partition coefficient (Wildman–Crippen LogP) is 2.98. The number of carbonyl (C=O) groups excluding carboxylic acids is 1. The van der Waals surface area contributed by atoms with Crippen LogP contribution in [0.1, 0.15) is 44.1 Å². The van der Waals surface area contributed by atoms with Crippen molar-refractivity contribution in [2.45, 2.75) is 51.2 Å². The summed E-state index contributed by atoms with van der Waals surface area (Å²) in [5.41, 5.74) is 1.11. The number of nitrogens with one attached hydrogen (secondary N) is 1. The highest BCUT2D eigenvalue weighted by molar-refractivity contribution is 5.76. The Bertz CT molecular complexity index is 566. The van der Waals surface area contributed by atoms with Gasteiger partial charge in [-0.1, -0.05) is 12.1 Å². The summed E-state index contributed by atoms with van der Waals surface area (Å²) in [6, 6.07) is 8.00. The minimum Gasteiger partial charge on any atom is -0.497 e. The second-order valence-electron chi connectivity index (χ2n) is 7.49. The smallest absolute Gasteiger partial charge is 0.222 e. The van der Waals surface area contributed by atoms with E-state index < -0.39 is 0 Å². The van der Waals surface area contributed by atoms with Crippen LogP contribution < -0.4 is 10.1 Å². The molecule has 5 heteroatoms. The zero-order chi connectivity index (χ0) is 18.2. The van der Waals surface area contributed by atoms with Gasteiger partial charge in [0.05, 0.1) is 13.2 Å². The SMILES string of the molecule is COc1cccc(CN(CC2CCCO2)C(=O)CCC2CCNCC2)c1. The van der Waals surface area contributed by atoms with Gasteiger partial charge in [0.1, 0.15) is 5.75 Å². The van der Waals surface area contributed by atoms with Gasteiger partial charge in [-0.15, -0.1) is 0 Å². The second-order valence-corrected chi connectivity index (χ2v) is 7.49. The molecule has 0 bridgehead atoms. The number of hydrogen-bond donors (Lipinski definition) is 1. The molecular formula is C21H32N2O3. The van der Waals surface area contributed by atoms with E-state index in [1.54, 1.807) is 7.11 Å². The highest BCUT2D eigenvalue weighted by Crippen LogP contribution is 2.21. The fourth-order valence-corrected chi connectivity index (χ4v) is 3.94. The molecule has 26 heavy (non-hydrogen) atoms. The van der Waals surface area contributed by atoms with Crippen molar-refractivity contribution in [1.82, 2.24) is 10.2 Å². The third kappa shape index (κ3) is 5.71. The number of hydrogen-bond acceptors (Lipinski definition) is 4. The number of benzene rings is 1. The summed E-state index contributed by atoms with van der Waals surface area (Å²) >= 11 is 0. The highest BCUT2D eigenvalue weighted by atomic mass is 16.5. The van der Waals surface area contributed by atoms with E-state index in [4.69, 9.17) is 9.47 Å². The van der Waals surface area contributed by atoms with Gasteiger partial charge in [-0.2, -0.15) is 0 Å². The third-order valence-electron chi connectivity index (χ3n) is 5.53. The highest BCUT2D eigenvalue weighted by Gasteiger charge is 2.24. The molecule has 0 saturated carbocycles. The van der Waals surface area contributed by atoms with Crippen LogP contribution in [0.5, 0.6) is 5.75 Å². The summed E-state index contributed by atoms with van der Waals surface area (Å²) < 4.78 is 11.1. The Morgan fingerprint density at radius 2 is 2.15 bits per heavy atom. The standard InChI is InChI=1S/C21H32N2O3/c1-25-19-5-2-4-18(14-19)15-23(16-20-6-3-13-26-20)21(24)8-7-17-9-11-22-12-10-17/h2,4-5,14,17,20,22H,3,6-13,15-16H2,1H3. The minimum absolute atomic E-state index is 0.184. The molecule has 1 atom stereocenters. The Kier molecular flexibility index (Phi) is 7.32. The number of methoxy groups -OCH3 is 1. The number of nitrogens with zero attached hydrogens (tertiary/aromatic N) is 1. The van der Waals surface area contributed by atoms with E-state index in [1.807, 2.05) is 23.1 Å². The molecule has 1 unspecified atom stereocenters. The quantitative estimate of drug-likeness (QED) is 0.774. The number of piperidine rings is 1. The van der Waals surface area contributed by atoms with Gasteiger partial charge in [0.2, 0.25) is 5.91 Å². The van der Waals surface area contributed by atoms with Crippen molar-refractivity contribution in [2.24, 2.45) is 5.92 Å². The zero-order valence-electron chi connectivity index (χ0n) is 15.9. The normalized spacial score (nSPS) is 20.9. The molecule has 1 N–H and O–H groups in total. The molecule has 144 valence electrons. The van der Waals surface area contributed by atoms with Crippen molar-refractivity contribution in [3.63, 3.8) is 0 Å². The Hall–Kier alpha value is -1.59. The van der Waals surface area contributed by atoms with E-state index in [0.717, 1.165) is 50.3 Å². The number of ether oxygens (including phenoxy) is 2. The zero-order valence-corrected chi connectivity index (χ0v) is 15.9. The first-order valence-electron chi connectivity index (χ1n) is 9.97. The van der Waals surface area contributed by atoms with Gasteiger partial charge >= 0.3 is 0 Å². The maximum atomic E-state index is 13.0. The molecule has 1 aromatic rings. The van der Waals surface area contributed by atoms with Gasteiger partial charge < -0.3 is 19.7 Å². The molecule has 0 spiro atoms. The molecule has 3 rings (SSSR count). The third-order valence-corrected chi connectivity index (χ3v) is 5.53. The summed E-state index contributed by atoms with van der Waals surface area (Å²) in [6.45, 7) is 4.32. The van der Waals surface area contributed by atoms with Gasteiger partial charge in [0, 0.05) is 26.1 Å². The van der Waals surface area contributed by atoms with Crippen molar-refractivity contribution in [2.75, 3.05) is 33.4 Å². The molecule has 0 aromatic heterocycles. The van der Waals surface area contributed by atoms with Crippen molar-refractivity contribution < 1.29 is 14.3 Å². The Morgan fingerprint density at radius 3 is 2.88 bits per heavy atom.